The van der Waals surface area contributed by atoms with Crippen LogP contribution in [0.25, 0.3) is 0 Å². The number of piperidine rings is 1. The second kappa shape index (κ2) is 7.17. The van der Waals surface area contributed by atoms with Crippen molar-refractivity contribution in [3.8, 4) is 0 Å². The molecular formula is C17H21N5O. The Morgan fingerprint density at radius 2 is 2.04 bits per heavy atom. The second-order valence-corrected chi connectivity index (χ2v) is 5.95. The largest absolute Gasteiger partial charge is 0.363 e. The van der Waals surface area contributed by atoms with Gasteiger partial charge < -0.3 is 10.2 Å². The Kier molecular flexibility index (Phi) is 4.80. The van der Waals surface area contributed by atoms with Gasteiger partial charge in [-0.25, -0.2) is 0 Å². The summed E-state index contributed by atoms with van der Waals surface area (Å²) in [6, 6.07) is 9.28. The molecule has 3 heterocycles. The zero-order chi connectivity index (χ0) is 16.1. The van der Waals surface area contributed by atoms with E-state index < -0.39 is 0 Å². The van der Waals surface area contributed by atoms with Crippen molar-refractivity contribution in [2.24, 2.45) is 5.92 Å². The highest BCUT2D eigenvalue weighted by atomic mass is 16.2. The zero-order valence-electron chi connectivity index (χ0n) is 13.3. The van der Waals surface area contributed by atoms with Crippen LogP contribution in [-0.4, -0.2) is 39.1 Å². The fraction of sp³-hybridized carbons (Fsp3) is 0.412. The molecule has 0 aromatic carbocycles. The first-order valence-corrected chi connectivity index (χ1v) is 7.99. The maximum absolute atomic E-state index is 12.4. The minimum Gasteiger partial charge on any atom is -0.363 e. The molecule has 6 heteroatoms. The molecule has 3 rings (SSSR count). The Hall–Kier alpha value is -2.50. The standard InChI is InChI=1S/C17H21N5O/c1-13-7-10-22(11-8-13)17(23)15-5-6-16(21-20-15)19-12-14-4-2-3-9-18-14/h2-6,9,13H,7-8,10-12H2,1H3,(H,19,21). The molecular weight excluding hydrogens is 290 g/mol. The number of aromatic nitrogens is 3. The van der Waals surface area contributed by atoms with Gasteiger partial charge in [0, 0.05) is 19.3 Å². The third kappa shape index (κ3) is 4.03. The first-order valence-electron chi connectivity index (χ1n) is 7.99. The van der Waals surface area contributed by atoms with E-state index in [1.165, 1.54) is 0 Å². The van der Waals surface area contributed by atoms with Crippen LogP contribution in [-0.2, 0) is 6.54 Å². The lowest BCUT2D eigenvalue weighted by atomic mass is 9.99. The molecule has 120 valence electrons. The number of hydrogen-bond donors (Lipinski definition) is 1. The maximum Gasteiger partial charge on any atom is 0.274 e. The Bertz CT molecular complexity index is 636. The molecule has 0 spiro atoms. The van der Waals surface area contributed by atoms with Crippen LogP contribution < -0.4 is 5.32 Å². The third-order valence-electron chi connectivity index (χ3n) is 4.13. The monoisotopic (exact) mass is 311 g/mol. The molecule has 0 saturated carbocycles. The summed E-state index contributed by atoms with van der Waals surface area (Å²) in [6.07, 6.45) is 3.87. The molecule has 1 amide bonds. The quantitative estimate of drug-likeness (QED) is 0.938. The Morgan fingerprint density at radius 3 is 2.70 bits per heavy atom. The van der Waals surface area contributed by atoms with Gasteiger partial charge in [-0.15, -0.1) is 10.2 Å². The molecule has 0 radical (unpaired) electrons. The number of pyridine rings is 1. The molecule has 2 aromatic rings. The van der Waals surface area contributed by atoms with Gasteiger partial charge in [0.1, 0.15) is 5.82 Å². The van der Waals surface area contributed by atoms with Gasteiger partial charge in [0.2, 0.25) is 0 Å². The molecule has 0 bridgehead atoms. The van der Waals surface area contributed by atoms with Gasteiger partial charge in [-0.1, -0.05) is 13.0 Å². The maximum atomic E-state index is 12.4. The van der Waals surface area contributed by atoms with E-state index in [-0.39, 0.29) is 5.91 Å². The van der Waals surface area contributed by atoms with Crippen molar-refractivity contribution < 1.29 is 4.79 Å². The molecule has 6 nitrogen and oxygen atoms in total. The number of rotatable bonds is 4. The van der Waals surface area contributed by atoms with Crippen LogP contribution in [0.1, 0.15) is 35.9 Å². The number of amides is 1. The fourth-order valence-electron chi connectivity index (χ4n) is 2.60. The van der Waals surface area contributed by atoms with Crippen molar-refractivity contribution in [3.05, 3.63) is 47.9 Å². The number of carbonyl (C=O) groups excluding carboxylic acids is 1. The number of hydrogen-bond acceptors (Lipinski definition) is 5. The van der Waals surface area contributed by atoms with Gasteiger partial charge >= 0.3 is 0 Å². The predicted octanol–water partition coefficient (Wildman–Crippen LogP) is 2.36. The second-order valence-electron chi connectivity index (χ2n) is 5.95. The van der Waals surface area contributed by atoms with Crippen molar-refractivity contribution in [3.63, 3.8) is 0 Å². The van der Waals surface area contributed by atoms with E-state index in [4.69, 9.17) is 0 Å². The predicted molar refractivity (Wildman–Crippen MR) is 87.9 cm³/mol. The summed E-state index contributed by atoms with van der Waals surface area (Å²) in [4.78, 5) is 18.5. The van der Waals surface area contributed by atoms with E-state index >= 15 is 0 Å². The normalized spacial score (nSPS) is 15.4. The van der Waals surface area contributed by atoms with Crippen LogP contribution in [0.5, 0.6) is 0 Å². The van der Waals surface area contributed by atoms with Gasteiger partial charge in [-0.3, -0.25) is 9.78 Å². The van der Waals surface area contributed by atoms with E-state index in [9.17, 15) is 4.79 Å². The summed E-state index contributed by atoms with van der Waals surface area (Å²) < 4.78 is 0. The Labute approximate surface area is 136 Å². The lowest BCUT2D eigenvalue weighted by Gasteiger charge is -2.29. The van der Waals surface area contributed by atoms with Crippen molar-refractivity contribution in [2.45, 2.75) is 26.3 Å². The van der Waals surface area contributed by atoms with Crippen LogP contribution in [0.4, 0.5) is 5.82 Å². The lowest BCUT2D eigenvalue weighted by Crippen LogP contribution is -2.38. The van der Waals surface area contributed by atoms with Gasteiger partial charge in [0.25, 0.3) is 5.91 Å². The van der Waals surface area contributed by atoms with Crippen molar-refractivity contribution in [1.29, 1.82) is 0 Å². The van der Waals surface area contributed by atoms with Crippen LogP contribution in [0.2, 0.25) is 0 Å². The van der Waals surface area contributed by atoms with Gasteiger partial charge in [0.15, 0.2) is 5.69 Å². The minimum absolute atomic E-state index is 0.0272. The zero-order valence-corrected chi connectivity index (χ0v) is 13.3. The summed E-state index contributed by atoms with van der Waals surface area (Å²) in [7, 11) is 0. The van der Waals surface area contributed by atoms with E-state index in [1.807, 2.05) is 23.1 Å². The SMILES string of the molecule is CC1CCN(C(=O)c2ccc(NCc3ccccn3)nn2)CC1. The molecule has 1 fully saturated rings. The van der Waals surface area contributed by atoms with E-state index in [0.29, 0.717) is 24.0 Å². The number of carbonyl (C=O) groups is 1. The fourth-order valence-corrected chi connectivity index (χ4v) is 2.60. The van der Waals surface area contributed by atoms with Gasteiger partial charge in [-0.05, 0) is 43.0 Å². The molecule has 0 atom stereocenters. The highest BCUT2D eigenvalue weighted by Gasteiger charge is 2.22. The molecule has 0 aliphatic carbocycles. The van der Waals surface area contributed by atoms with Crippen molar-refractivity contribution in [1.82, 2.24) is 20.1 Å². The van der Waals surface area contributed by atoms with Crippen molar-refractivity contribution >= 4 is 11.7 Å². The number of nitrogens with zero attached hydrogens (tertiary/aromatic N) is 4. The highest BCUT2D eigenvalue weighted by molar-refractivity contribution is 5.92. The number of nitrogens with one attached hydrogen (secondary N) is 1. The molecule has 23 heavy (non-hydrogen) atoms. The molecule has 0 unspecified atom stereocenters. The molecule has 1 saturated heterocycles. The van der Waals surface area contributed by atoms with E-state index in [0.717, 1.165) is 31.6 Å². The summed E-state index contributed by atoms with van der Waals surface area (Å²) in [6.45, 7) is 4.42. The van der Waals surface area contributed by atoms with Gasteiger partial charge in [-0.2, -0.15) is 0 Å². The first kappa shape index (κ1) is 15.4. The number of likely N-dealkylation sites (tertiary alicyclic amines) is 1. The van der Waals surface area contributed by atoms with Crippen LogP contribution in [0.3, 0.4) is 0 Å². The smallest absolute Gasteiger partial charge is 0.274 e. The van der Waals surface area contributed by atoms with Crippen molar-refractivity contribution in [2.75, 3.05) is 18.4 Å². The topological polar surface area (TPSA) is 71.0 Å². The average Bonchev–Trinajstić information content (AvgIpc) is 2.61. The molecule has 1 aliphatic heterocycles. The van der Waals surface area contributed by atoms with Crippen LogP contribution in [0.15, 0.2) is 36.5 Å². The summed E-state index contributed by atoms with van der Waals surface area (Å²) in [5, 5.41) is 11.3. The first-order chi connectivity index (χ1) is 11.2. The summed E-state index contributed by atoms with van der Waals surface area (Å²) in [5.74, 6) is 1.31. The van der Waals surface area contributed by atoms with Crippen LogP contribution >= 0.6 is 0 Å². The third-order valence-corrected chi connectivity index (χ3v) is 4.13. The lowest BCUT2D eigenvalue weighted by molar-refractivity contribution is 0.0690. The minimum atomic E-state index is -0.0272. The number of anilines is 1. The molecule has 1 N–H and O–H groups in total. The molecule has 1 aliphatic rings. The summed E-state index contributed by atoms with van der Waals surface area (Å²) >= 11 is 0. The molecule has 2 aromatic heterocycles. The highest BCUT2D eigenvalue weighted by Crippen LogP contribution is 2.17. The Balaban J connectivity index is 1.57. The average molecular weight is 311 g/mol. The summed E-state index contributed by atoms with van der Waals surface area (Å²) in [5.41, 5.74) is 1.33. The van der Waals surface area contributed by atoms with E-state index in [2.05, 4.69) is 27.4 Å². The van der Waals surface area contributed by atoms with Crippen LogP contribution in [0, 0.1) is 5.92 Å². The van der Waals surface area contributed by atoms with Gasteiger partial charge in [0.05, 0.1) is 12.2 Å². The Morgan fingerprint density at radius 1 is 1.22 bits per heavy atom. The van der Waals surface area contributed by atoms with E-state index in [1.54, 1.807) is 18.3 Å².